The van der Waals surface area contributed by atoms with Gasteiger partial charge in [0.05, 0.1) is 29.6 Å². The summed E-state index contributed by atoms with van der Waals surface area (Å²) in [5, 5.41) is 6.38. The van der Waals surface area contributed by atoms with E-state index in [1.807, 2.05) is 72.2 Å². The molecule has 0 aliphatic rings. The molecule has 33 heavy (non-hydrogen) atoms. The van der Waals surface area contributed by atoms with Gasteiger partial charge in [-0.1, -0.05) is 53.7 Å². The number of nitrogens with zero attached hydrogens (tertiary/aromatic N) is 2. The molecule has 3 aromatic carbocycles. The summed E-state index contributed by atoms with van der Waals surface area (Å²) in [5.74, 6) is 0.406. The van der Waals surface area contributed by atoms with Crippen LogP contribution in [-0.2, 0) is 16.1 Å². The molecule has 1 heterocycles. The number of ether oxygens (including phenoxy) is 1. The fourth-order valence-corrected chi connectivity index (χ4v) is 4.18. The molecular formula is C25H24N4O3S. The first-order valence-corrected chi connectivity index (χ1v) is 11.4. The van der Waals surface area contributed by atoms with Crippen molar-refractivity contribution in [2.75, 3.05) is 23.5 Å². The smallest absolute Gasteiger partial charge is 0.244 e. The van der Waals surface area contributed by atoms with Crippen LogP contribution < -0.4 is 15.4 Å². The summed E-state index contributed by atoms with van der Waals surface area (Å²) < 4.78 is 7.14. The maximum atomic E-state index is 12.8. The highest BCUT2D eigenvalue weighted by atomic mass is 32.2. The number of hydrogen-bond donors (Lipinski definition) is 2. The van der Waals surface area contributed by atoms with Crippen LogP contribution in [0.15, 0.2) is 78.0 Å². The van der Waals surface area contributed by atoms with Crippen molar-refractivity contribution < 1.29 is 14.3 Å². The Morgan fingerprint density at radius 2 is 1.67 bits per heavy atom. The molecule has 0 aliphatic heterocycles. The molecule has 1 aromatic heterocycles. The van der Waals surface area contributed by atoms with E-state index in [1.165, 1.54) is 11.8 Å². The number of nitrogens with one attached hydrogen (secondary N) is 2. The van der Waals surface area contributed by atoms with Crippen molar-refractivity contribution in [3.63, 3.8) is 0 Å². The van der Waals surface area contributed by atoms with Crippen LogP contribution in [0, 0.1) is 6.92 Å². The maximum Gasteiger partial charge on any atom is 0.244 e. The SMILES string of the molecule is COc1ccccc1NC(=O)Cn1c(SCC(=O)Nc2ccc(C)cc2)nc2ccccc21. The Balaban J connectivity index is 1.48. The van der Waals surface area contributed by atoms with Crippen molar-refractivity contribution in [2.24, 2.45) is 0 Å². The number of aromatic nitrogens is 2. The number of anilines is 2. The van der Waals surface area contributed by atoms with Gasteiger partial charge in [0.15, 0.2) is 5.16 Å². The fourth-order valence-electron chi connectivity index (χ4n) is 3.36. The number of thioether (sulfide) groups is 1. The number of carbonyl (C=O) groups excluding carboxylic acids is 2. The number of benzene rings is 3. The highest BCUT2D eigenvalue weighted by Gasteiger charge is 2.16. The van der Waals surface area contributed by atoms with E-state index < -0.39 is 0 Å². The van der Waals surface area contributed by atoms with E-state index in [0.29, 0.717) is 16.6 Å². The lowest BCUT2D eigenvalue weighted by atomic mass is 10.2. The Labute approximate surface area is 196 Å². The zero-order valence-electron chi connectivity index (χ0n) is 18.4. The number of carbonyl (C=O) groups is 2. The van der Waals surface area contributed by atoms with Crippen molar-refractivity contribution in [3.8, 4) is 5.75 Å². The summed E-state index contributed by atoms with van der Waals surface area (Å²) in [7, 11) is 1.56. The number of rotatable bonds is 8. The van der Waals surface area contributed by atoms with E-state index in [9.17, 15) is 9.59 Å². The molecule has 2 N–H and O–H groups in total. The molecule has 4 aromatic rings. The molecule has 0 bridgehead atoms. The summed E-state index contributed by atoms with van der Waals surface area (Å²) in [4.78, 5) is 30.0. The predicted octanol–water partition coefficient (Wildman–Crippen LogP) is 4.72. The third kappa shape index (κ3) is 5.53. The number of aryl methyl sites for hydroxylation is 1. The van der Waals surface area contributed by atoms with Crippen LogP contribution in [0.4, 0.5) is 11.4 Å². The van der Waals surface area contributed by atoms with E-state index in [4.69, 9.17) is 4.74 Å². The Kier molecular flexibility index (Phi) is 6.95. The zero-order chi connectivity index (χ0) is 23.2. The summed E-state index contributed by atoms with van der Waals surface area (Å²) in [5.41, 5.74) is 4.07. The molecule has 0 fully saturated rings. The second-order valence-corrected chi connectivity index (χ2v) is 8.36. The first-order chi connectivity index (χ1) is 16.0. The molecule has 0 spiro atoms. The van der Waals surface area contributed by atoms with Crippen LogP contribution in [0.1, 0.15) is 5.56 Å². The highest BCUT2D eigenvalue weighted by molar-refractivity contribution is 7.99. The van der Waals surface area contributed by atoms with Crippen molar-refractivity contribution >= 4 is 46.0 Å². The Hall–Kier alpha value is -3.78. The lowest BCUT2D eigenvalue weighted by Crippen LogP contribution is -2.20. The van der Waals surface area contributed by atoms with Gasteiger partial charge >= 0.3 is 0 Å². The van der Waals surface area contributed by atoms with Crippen LogP contribution in [0.2, 0.25) is 0 Å². The summed E-state index contributed by atoms with van der Waals surface area (Å²) in [6, 6.07) is 22.5. The Morgan fingerprint density at radius 3 is 2.45 bits per heavy atom. The minimum atomic E-state index is -0.214. The van der Waals surface area contributed by atoms with Crippen LogP contribution in [0.3, 0.4) is 0 Å². The minimum Gasteiger partial charge on any atom is -0.495 e. The molecule has 168 valence electrons. The molecule has 0 aliphatic carbocycles. The van der Waals surface area contributed by atoms with E-state index in [2.05, 4.69) is 15.6 Å². The molecular weight excluding hydrogens is 436 g/mol. The first kappa shape index (κ1) is 22.4. The molecule has 4 rings (SSSR count). The highest BCUT2D eigenvalue weighted by Crippen LogP contribution is 2.26. The number of fused-ring (bicyclic) bond motifs is 1. The van der Waals surface area contributed by atoms with E-state index >= 15 is 0 Å². The van der Waals surface area contributed by atoms with E-state index in [0.717, 1.165) is 22.3 Å². The largest absolute Gasteiger partial charge is 0.495 e. The summed E-state index contributed by atoms with van der Waals surface area (Å²) in [6.45, 7) is 2.05. The topological polar surface area (TPSA) is 85.2 Å². The molecule has 0 radical (unpaired) electrons. The molecule has 0 saturated carbocycles. The van der Waals surface area contributed by atoms with Crippen LogP contribution in [0.25, 0.3) is 11.0 Å². The monoisotopic (exact) mass is 460 g/mol. The van der Waals surface area contributed by atoms with Gasteiger partial charge in [0.1, 0.15) is 12.3 Å². The van der Waals surface area contributed by atoms with Gasteiger partial charge in [-0.25, -0.2) is 4.98 Å². The van der Waals surface area contributed by atoms with Gasteiger partial charge in [-0.2, -0.15) is 0 Å². The van der Waals surface area contributed by atoms with Gasteiger partial charge < -0.3 is 19.9 Å². The second kappa shape index (κ2) is 10.2. The first-order valence-electron chi connectivity index (χ1n) is 10.4. The molecule has 7 nitrogen and oxygen atoms in total. The molecule has 8 heteroatoms. The average molecular weight is 461 g/mol. The lowest BCUT2D eigenvalue weighted by Gasteiger charge is -2.12. The third-order valence-corrected chi connectivity index (χ3v) is 5.95. The zero-order valence-corrected chi connectivity index (χ0v) is 19.2. The van der Waals surface area contributed by atoms with Gasteiger partial charge in [-0.05, 0) is 43.3 Å². The van der Waals surface area contributed by atoms with E-state index in [-0.39, 0.29) is 24.1 Å². The molecule has 0 saturated heterocycles. The van der Waals surface area contributed by atoms with Crippen molar-refractivity contribution in [2.45, 2.75) is 18.6 Å². The molecule has 0 unspecified atom stereocenters. The third-order valence-electron chi connectivity index (χ3n) is 4.97. The van der Waals surface area contributed by atoms with Gasteiger partial charge in [-0.15, -0.1) is 0 Å². The quantitative estimate of drug-likeness (QED) is 0.372. The normalized spacial score (nSPS) is 10.7. The average Bonchev–Trinajstić information content (AvgIpc) is 3.17. The van der Waals surface area contributed by atoms with Gasteiger partial charge in [0.2, 0.25) is 11.8 Å². The molecule has 2 amide bonds. The Morgan fingerprint density at radius 1 is 0.939 bits per heavy atom. The van der Waals surface area contributed by atoms with Crippen molar-refractivity contribution in [1.82, 2.24) is 9.55 Å². The van der Waals surface area contributed by atoms with Gasteiger partial charge in [0.25, 0.3) is 0 Å². The maximum absolute atomic E-state index is 12.8. The van der Waals surface area contributed by atoms with Crippen molar-refractivity contribution in [3.05, 3.63) is 78.4 Å². The minimum absolute atomic E-state index is 0.0560. The van der Waals surface area contributed by atoms with Crippen LogP contribution >= 0.6 is 11.8 Å². The predicted molar refractivity (Wildman–Crippen MR) is 132 cm³/mol. The lowest BCUT2D eigenvalue weighted by molar-refractivity contribution is -0.117. The number of amides is 2. The second-order valence-electron chi connectivity index (χ2n) is 7.42. The number of methoxy groups -OCH3 is 1. The van der Waals surface area contributed by atoms with Gasteiger partial charge in [-0.3, -0.25) is 9.59 Å². The van der Waals surface area contributed by atoms with E-state index in [1.54, 1.807) is 19.2 Å². The number of imidazole rings is 1. The number of para-hydroxylation sites is 4. The van der Waals surface area contributed by atoms with Crippen LogP contribution in [0.5, 0.6) is 5.75 Å². The molecule has 0 atom stereocenters. The van der Waals surface area contributed by atoms with Crippen molar-refractivity contribution in [1.29, 1.82) is 0 Å². The van der Waals surface area contributed by atoms with Crippen LogP contribution in [-0.4, -0.2) is 34.2 Å². The Bertz CT molecular complexity index is 1280. The number of hydrogen-bond acceptors (Lipinski definition) is 5. The fraction of sp³-hybridized carbons (Fsp3) is 0.160. The standard InChI is InChI=1S/C25H24N4O3S/c1-17-11-13-18(14-12-17)26-24(31)16-33-25-28-19-7-3-5-9-21(19)29(25)15-23(30)27-20-8-4-6-10-22(20)32-2/h3-14H,15-16H2,1-2H3,(H,26,31)(H,27,30). The van der Waals surface area contributed by atoms with Gasteiger partial charge in [0, 0.05) is 5.69 Å². The summed E-state index contributed by atoms with van der Waals surface area (Å²) in [6.07, 6.45) is 0. The summed E-state index contributed by atoms with van der Waals surface area (Å²) >= 11 is 1.29.